The van der Waals surface area contributed by atoms with Crippen LogP contribution < -0.4 is 15.4 Å². The van der Waals surface area contributed by atoms with Gasteiger partial charge in [0, 0.05) is 25.5 Å². The Morgan fingerprint density at radius 2 is 2.08 bits per heavy atom. The second kappa shape index (κ2) is 10.3. The van der Waals surface area contributed by atoms with Gasteiger partial charge in [0.1, 0.15) is 6.10 Å². The van der Waals surface area contributed by atoms with Crippen molar-refractivity contribution in [3.8, 4) is 5.75 Å². The summed E-state index contributed by atoms with van der Waals surface area (Å²) in [4.78, 5) is 8.61. The van der Waals surface area contributed by atoms with Gasteiger partial charge in [-0.25, -0.2) is 9.38 Å². The highest BCUT2D eigenvalue weighted by Gasteiger charge is 2.08. The molecule has 1 aromatic heterocycles. The smallest absolute Gasteiger partial charge is 0.191 e. The third-order valence-electron chi connectivity index (χ3n) is 3.44. The van der Waals surface area contributed by atoms with Gasteiger partial charge in [0.15, 0.2) is 17.5 Å². The van der Waals surface area contributed by atoms with Crippen LogP contribution in [0.2, 0.25) is 0 Å². The lowest BCUT2D eigenvalue weighted by molar-refractivity contribution is 0.220. The maximum Gasteiger partial charge on any atom is 0.191 e. The third-order valence-corrected chi connectivity index (χ3v) is 3.44. The number of pyridine rings is 1. The molecule has 0 radical (unpaired) electrons. The lowest BCUT2D eigenvalue weighted by Gasteiger charge is -2.15. The molecule has 2 aromatic rings. The third kappa shape index (κ3) is 6.79. The first kappa shape index (κ1) is 18.7. The second-order valence-electron chi connectivity index (χ2n) is 5.62. The largest absolute Gasteiger partial charge is 0.486 e. The highest BCUT2D eigenvalue weighted by Crippen LogP contribution is 2.16. The monoisotopic (exact) mass is 344 g/mol. The van der Waals surface area contributed by atoms with E-state index in [9.17, 15) is 4.39 Å². The minimum Gasteiger partial charge on any atom is -0.486 e. The van der Waals surface area contributed by atoms with Gasteiger partial charge in [-0.1, -0.05) is 18.2 Å². The first-order chi connectivity index (χ1) is 12.2. The fraction of sp³-hybridized carbons (Fsp3) is 0.368. The molecule has 1 unspecified atom stereocenters. The van der Waals surface area contributed by atoms with Crippen LogP contribution in [-0.2, 0) is 6.42 Å². The van der Waals surface area contributed by atoms with Crippen LogP contribution >= 0.6 is 0 Å². The van der Waals surface area contributed by atoms with Crippen LogP contribution in [0.3, 0.4) is 0 Å². The summed E-state index contributed by atoms with van der Waals surface area (Å²) < 4.78 is 19.2. The molecule has 0 fully saturated rings. The van der Waals surface area contributed by atoms with Crippen LogP contribution in [0.1, 0.15) is 19.4 Å². The Bertz CT molecular complexity index is 663. The van der Waals surface area contributed by atoms with E-state index < -0.39 is 0 Å². The van der Waals surface area contributed by atoms with Crippen molar-refractivity contribution in [1.82, 2.24) is 15.6 Å². The molecular weight excluding hydrogens is 319 g/mol. The zero-order valence-corrected chi connectivity index (χ0v) is 14.7. The Morgan fingerprint density at radius 1 is 1.24 bits per heavy atom. The van der Waals surface area contributed by atoms with Crippen LogP contribution in [0.15, 0.2) is 53.8 Å². The quantitative estimate of drug-likeness (QED) is 0.571. The number of aliphatic imine (C=N–C) groups is 1. The Labute approximate surface area is 148 Å². The van der Waals surface area contributed by atoms with Crippen molar-refractivity contribution < 1.29 is 9.13 Å². The number of rotatable bonds is 8. The summed E-state index contributed by atoms with van der Waals surface area (Å²) in [7, 11) is 0. The van der Waals surface area contributed by atoms with E-state index >= 15 is 0 Å². The second-order valence-corrected chi connectivity index (χ2v) is 5.62. The molecule has 0 aliphatic rings. The number of halogens is 1. The van der Waals surface area contributed by atoms with E-state index in [0.29, 0.717) is 6.54 Å². The molecule has 0 aliphatic carbocycles. The van der Waals surface area contributed by atoms with E-state index in [4.69, 9.17) is 4.74 Å². The normalized spacial score (nSPS) is 12.5. The summed E-state index contributed by atoms with van der Waals surface area (Å²) in [5.41, 5.74) is 1.17. The van der Waals surface area contributed by atoms with Gasteiger partial charge in [0.25, 0.3) is 0 Å². The molecule has 2 N–H and O–H groups in total. The number of nitrogens with zero attached hydrogens (tertiary/aromatic N) is 2. The fourth-order valence-electron chi connectivity index (χ4n) is 2.23. The van der Waals surface area contributed by atoms with E-state index in [0.717, 1.165) is 25.5 Å². The standard InChI is InChI=1S/C19H25FN4O/c1-3-22-19(23-12-10-16-7-6-11-21-14-16)24-13-15(2)25-18-9-5-4-8-17(18)20/h4-9,11,14-15H,3,10,12-13H2,1-2H3,(H2,22,23,24). The number of ether oxygens (including phenoxy) is 1. The van der Waals surface area contributed by atoms with E-state index in [1.165, 1.54) is 11.6 Å². The predicted molar refractivity (Wildman–Crippen MR) is 98.4 cm³/mol. The van der Waals surface area contributed by atoms with Crippen molar-refractivity contribution in [2.45, 2.75) is 26.4 Å². The van der Waals surface area contributed by atoms with E-state index in [-0.39, 0.29) is 17.7 Å². The lowest BCUT2D eigenvalue weighted by atomic mass is 10.2. The van der Waals surface area contributed by atoms with Gasteiger partial charge in [-0.3, -0.25) is 4.98 Å². The van der Waals surface area contributed by atoms with Crippen molar-refractivity contribution >= 4 is 5.96 Å². The van der Waals surface area contributed by atoms with Crippen molar-refractivity contribution in [2.24, 2.45) is 4.99 Å². The first-order valence-electron chi connectivity index (χ1n) is 8.51. The van der Waals surface area contributed by atoms with E-state index in [1.807, 2.05) is 32.2 Å². The number of hydrogen-bond donors (Lipinski definition) is 2. The van der Waals surface area contributed by atoms with Gasteiger partial charge in [0.05, 0.1) is 6.54 Å². The molecule has 1 heterocycles. The average molecular weight is 344 g/mol. The predicted octanol–water partition coefficient (Wildman–Crippen LogP) is 2.79. The molecule has 0 bridgehead atoms. The fourth-order valence-corrected chi connectivity index (χ4v) is 2.23. The SMILES string of the molecule is CCNC(=NCC(C)Oc1ccccc1F)NCCc1cccnc1. The van der Waals surface area contributed by atoms with Gasteiger partial charge in [-0.2, -0.15) is 0 Å². The average Bonchev–Trinajstić information content (AvgIpc) is 2.62. The van der Waals surface area contributed by atoms with E-state index in [2.05, 4.69) is 20.6 Å². The number of para-hydroxylation sites is 1. The first-order valence-corrected chi connectivity index (χ1v) is 8.51. The van der Waals surface area contributed by atoms with E-state index in [1.54, 1.807) is 24.4 Å². The van der Waals surface area contributed by atoms with Crippen LogP contribution in [-0.4, -0.2) is 36.7 Å². The zero-order valence-electron chi connectivity index (χ0n) is 14.7. The molecule has 5 nitrogen and oxygen atoms in total. The zero-order chi connectivity index (χ0) is 17.9. The number of aromatic nitrogens is 1. The Kier molecular flexibility index (Phi) is 7.69. The summed E-state index contributed by atoms with van der Waals surface area (Å²) in [5, 5.41) is 6.47. The number of guanidine groups is 1. The maximum absolute atomic E-state index is 13.6. The topological polar surface area (TPSA) is 58.5 Å². The minimum atomic E-state index is -0.361. The number of hydrogen-bond acceptors (Lipinski definition) is 3. The number of nitrogens with one attached hydrogen (secondary N) is 2. The van der Waals surface area contributed by atoms with Gasteiger partial charge >= 0.3 is 0 Å². The van der Waals surface area contributed by atoms with Crippen molar-refractivity contribution in [3.63, 3.8) is 0 Å². The highest BCUT2D eigenvalue weighted by molar-refractivity contribution is 5.79. The van der Waals surface area contributed by atoms with Gasteiger partial charge in [0.2, 0.25) is 0 Å². The summed E-state index contributed by atoms with van der Waals surface area (Å²) in [6, 6.07) is 10.4. The summed E-state index contributed by atoms with van der Waals surface area (Å²) in [6.45, 7) is 5.82. The summed E-state index contributed by atoms with van der Waals surface area (Å²) in [5.74, 6) is 0.606. The highest BCUT2D eigenvalue weighted by atomic mass is 19.1. The Balaban J connectivity index is 1.82. The molecule has 134 valence electrons. The molecule has 0 saturated heterocycles. The summed E-state index contributed by atoms with van der Waals surface area (Å²) in [6.07, 6.45) is 4.25. The molecular formula is C19H25FN4O. The maximum atomic E-state index is 13.6. The lowest BCUT2D eigenvalue weighted by Crippen LogP contribution is -2.39. The van der Waals surface area contributed by atoms with Crippen LogP contribution in [0.4, 0.5) is 4.39 Å². The molecule has 25 heavy (non-hydrogen) atoms. The minimum absolute atomic E-state index is 0.231. The molecule has 0 saturated carbocycles. The molecule has 0 aliphatic heterocycles. The molecule has 0 spiro atoms. The van der Waals surface area contributed by atoms with Crippen molar-refractivity contribution in [2.75, 3.05) is 19.6 Å². The van der Waals surface area contributed by atoms with Crippen LogP contribution in [0, 0.1) is 5.82 Å². The van der Waals surface area contributed by atoms with Gasteiger partial charge in [-0.15, -0.1) is 0 Å². The number of benzene rings is 1. The Hall–Kier alpha value is -2.63. The molecule has 1 aromatic carbocycles. The molecule has 2 rings (SSSR count). The van der Waals surface area contributed by atoms with Gasteiger partial charge < -0.3 is 15.4 Å². The van der Waals surface area contributed by atoms with Gasteiger partial charge in [-0.05, 0) is 44.0 Å². The molecule has 0 amide bonds. The van der Waals surface area contributed by atoms with Crippen molar-refractivity contribution in [3.05, 3.63) is 60.2 Å². The van der Waals surface area contributed by atoms with Crippen molar-refractivity contribution in [1.29, 1.82) is 0 Å². The summed E-state index contributed by atoms with van der Waals surface area (Å²) >= 11 is 0. The molecule has 6 heteroatoms. The Morgan fingerprint density at radius 3 is 2.80 bits per heavy atom. The van der Waals surface area contributed by atoms with Crippen LogP contribution in [0.5, 0.6) is 5.75 Å². The van der Waals surface area contributed by atoms with Crippen LogP contribution in [0.25, 0.3) is 0 Å². The molecule has 1 atom stereocenters.